The minimum Gasteiger partial charge on any atom is -0.351 e. The predicted octanol–water partition coefficient (Wildman–Crippen LogP) is 5.71. The molecule has 5 rings (SSSR count). The second-order valence-corrected chi connectivity index (χ2v) is 11.7. The van der Waals surface area contributed by atoms with Gasteiger partial charge in [-0.3, -0.25) is 9.59 Å². The molecular formula is C28H26N6O2S3. The number of fused-ring (bicyclic) bond motifs is 1. The van der Waals surface area contributed by atoms with Crippen molar-refractivity contribution in [2.24, 2.45) is 0 Å². The Labute approximate surface area is 238 Å². The van der Waals surface area contributed by atoms with Gasteiger partial charge in [-0.05, 0) is 30.7 Å². The molecule has 39 heavy (non-hydrogen) atoms. The fourth-order valence-corrected chi connectivity index (χ4v) is 6.57. The number of thiazole rings is 1. The first-order valence-electron chi connectivity index (χ1n) is 12.3. The topological polar surface area (TPSA) is 102 Å². The third-order valence-corrected chi connectivity index (χ3v) is 8.84. The molecule has 0 aliphatic heterocycles. The van der Waals surface area contributed by atoms with Crippen LogP contribution in [0.4, 0.5) is 5.69 Å². The van der Waals surface area contributed by atoms with Gasteiger partial charge in [-0.25, -0.2) is 4.98 Å². The summed E-state index contributed by atoms with van der Waals surface area (Å²) in [5.41, 5.74) is 3.60. The minimum absolute atomic E-state index is 0.0386. The molecule has 0 unspecified atom stereocenters. The highest BCUT2D eigenvalue weighted by atomic mass is 32.2. The number of aromatic nitrogens is 4. The lowest BCUT2D eigenvalue weighted by Gasteiger charge is -2.08. The lowest BCUT2D eigenvalue weighted by atomic mass is 10.2. The Morgan fingerprint density at radius 2 is 1.64 bits per heavy atom. The Balaban J connectivity index is 1.14. The number of anilines is 1. The second-order valence-electron chi connectivity index (χ2n) is 8.47. The molecule has 2 aromatic heterocycles. The van der Waals surface area contributed by atoms with Crippen molar-refractivity contribution in [3.05, 3.63) is 84.4 Å². The third-order valence-electron chi connectivity index (χ3n) is 5.71. The maximum absolute atomic E-state index is 12.7. The van der Waals surface area contributed by atoms with Crippen LogP contribution in [0.15, 0.2) is 88.4 Å². The minimum atomic E-state index is -0.125. The van der Waals surface area contributed by atoms with Crippen LogP contribution < -0.4 is 10.6 Å². The van der Waals surface area contributed by atoms with Gasteiger partial charge in [-0.2, -0.15) is 0 Å². The molecule has 3 aromatic carbocycles. The summed E-state index contributed by atoms with van der Waals surface area (Å²) in [5, 5.41) is 15.2. The first-order chi connectivity index (χ1) is 19.1. The molecule has 0 fully saturated rings. The third kappa shape index (κ3) is 7.05. The van der Waals surface area contributed by atoms with Crippen molar-refractivity contribution in [3.8, 4) is 11.4 Å². The van der Waals surface area contributed by atoms with Crippen molar-refractivity contribution < 1.29 is 9.59 Å². The number of benzene rings is 3. The zero-order chi connectivity index (χ0) is 27.0. The van der Waals surface area contributed by atoms with E-state index in [0.717, 1.165) is 31.5 Å². The summed E-state index contributed by atoms with van der Waals surface area (Å²) in [6.45, 7) is 3.25. The summed E-state index contributed by atoms with van der Waals surface area (Å²) in [6.07, 6.45) is 0. The highest BCUT2D eigenvalue weighted by molar-refractivity contribution is 8.01. The molecule has 0 aliphatic carbocycles. The molecule has 0 saturated carbocycles. The number of thioether (sulfide) groups is 2. The first-order valence-corrected chi connectivity index (χ1v) is 15.1. The molecule has 0 saturated heterocycles. The van der Waals surface area contributed by atoms with Gasteiger partial charge in [-0.15, -0.1) is 21.5 Å². The maximum Gasteiger partial charge on any atom is 0.234 e. The summed E-state index contributed by atoms with van der Waals surface area (Å²) in [4.78, 5) is 29.6. The van der Waals surface area contributed by atoms with Gasteiger partial charge in [0.1, 0.15) is 0 Å². The number of hydrogen-bond acceptors (Lipinski definition) is 8. The SMILES string of the molecule is CCn1c(SCC(=O)Nc2ccc3nc(SCC(=O)NCc4ccccc4)sc3c2)nnc1-c1ccccc1. The molecule has 0 radical (unpaired) electrons. The average Bonchev–Trinajstić information content (AvgIpc) is 3.58. The highest BCUT2D eigenvalue weighted by Gasteiger charge is 2.15. The molecule has 0 bridgehead atoms. The van der Waals surface area contributed by atoms with E-state index < -0.39 is 0 Å². The second kappa shape index (κ2) is 12.9. The van der Waals surface area contributed by atoms with Crippen LogP contribution in [-0.4, -0.2) is 43.1 Å². The van der Waals surface area contributed by atoms with E-state index >= 15 is 0 Å². The van der Waals surface area contributed by atoms with Gasteiger partial charge in [0.25, 0.3) is 0 Å². The molecule has 0 aliphatic rings. The van der Waals surface area contributed by atoms with E-state index in [1.165, 1.54) is 34.9 Å². The molecule has 2 amide bonds. The summed E-state index contributed by atoms with van der Waals surface area (Å²) >= 11 is 4.27. The lowest BCUT2D eigenvalue weighted by molar-refractivity contribution is -0.118. The number of nitrogens with one attached hydrogen (secondary N) is 2. The van der Waals surface area contributed by atoms with E-state index in [1.54, 1.807) is 0 Å². The van der Waals surface area contributed by atoms with Crippen LogP contribution in [0.25, 0.3) is 21.6 Å². The molecule has 8 nitrogen and oxygen atoms in total. The molecule has 2 N–H and O–H groups in total. The number of hydrogen-bond donors (Lipinski definition) is 2. The summed E-state index contributed by atoms with van der Waals surface area (Å²) in [6, 6.07) is 25.4. The van der Waals surface area contributed by atoms with Gasteiger partial charge in [0.2, 0.25) is 11.8 Å². The Kier molecular flexibility index (Phi) is 8.92. The highest BCUT2D eigenvalue weighted by Crippen LogP contribution is 2.31. The first kappa shape index (κ1) is 26.9. The lowest BCUT2D eigenvalue weighted by Crippen LogP contribution is -2.24. The number of amides is 2. The van der Waals surface area contributed by atoms with Crippen molar-refractivity contribution in [1.29, 1.82) is 0 Å². The van der Waals surface area contributed by atoms with Crippen LogP contribution in [0.3, 0.4) is 0 Å². The van der Waals surface area contributed by atoms with Gasteiger partial charge >= 0.3 is 0 Å². The van der Waals surface area contributed by atoms with E-state index in [0.29, 0.717) is 29.7 Å². The van der Waals surface area contributed by atoms with Crippen LogP contribution in [0.2, 0.25) is 0 Å². The largest absolute Gasteiger partial charge is 0.351 e. The van der Waals surface area contributed by atoms with Gasteiger partial charge in [0, 0.05) is 24.3 Å². The number of nitrogens with zero attached hydrogens (tertiary/aromatic N) is 4. The molecule has 198 valence electrons. The monoisotopic (exact) mass is 574 g/mol. The van der Waals surface area contributed by atoms with E-state index in [4.69, 9.17) is 0 Å². The van der Waals surface area contributed by atoms with Gasteiger partial charge in [-0.1, -0.05) is 84.2 Å². The maximum atomic E-state index is 12.7. The van der Waals surface area contributed by atoms with E-state index in [9.17, 15) is 9.59 Å². The quantitative estimate of drug-likeness (QED) is 0.195. The number of carbonyl (C=O) groups excluding carboxylic acids is 2. The molecule has 11 heteroatoms. The van der Waals surface area contributed by atoms with E-state index in [1.807, 2.05) is 90.4 Å². The van der Waals surface area contributed by atoms with Crippen LogP contribution in [0.5, 0.6) is 0 Å². The van der Waals surface area contributed by atoms with Crippen LogP contribution in [0.1, 0.15) is 12.5 Å². The van der Waals surface area contributed by atoms with Crippen molar-refractivity contribution in [2.75, 3.05) is 16.8 Å². The Morgan fingerprint density at radius 1 is 0.897 bits per heavy atom. The number of rotatable bonds is 11. The molecule has 2 heterocycles. The fourth-order valence-electron chi connectivity index (χ4n) is 3.83. The van der Waals surface area contributed by atoms with Crippen molar-refractivity contribution in [2.45, 2.75) is 29.5 Å². The van der Waals surface area contributed by atoms with Crippen LogP contribution >= 0.6 is 34.9 Å². The van der Waals surface area contributed by atoms with Crippen molar-refractivity contribution in [3.63, 3.8) is 0 Å². The average molecular weight is 575 g/mol. The predicted molar refractivity (Wildman–Crippen MR) is 159 cm³/mol. The summed E-state index contributed by atoms with van der Waals surface area (Å²) in [5.74, 6) is 1.14. The normalized spacial score (nSPS) is 11.0. The Morgan fingerprint density at radius 3 is 2.41 bits per heavy atom. The van der Waals surface area contributed by atoms with Crippen LogP contribution in [0, 0.1) is 0 Å². The zero-order valence-corrected chi connectivity index (χ0v) is 23.6. The number of carbonyl (C=O) groups is 2. The van der Waals surface area contributed by atoms with Crippen LogP contribution in [-0.2, 0) is 22.7 Å². The molecule has 0 atom stereocenters. The molecule has 0 spiro atoms. The smallest absolute Gasteiger partial charge is 0.234 e. The van der Waals surface area contributed by atoms with E-state index in [2.05, 4.69) is 25.8 Å². The Bertz CT molecular complexity index is 1570. The standard InChI is InChI=1S/C28H26N6O2S3/c1-2-34-26(20-11-7-4-8-12-20)32-33-27(34)37-18-25(36)30-21-13-14-22-23(15-21)39-28(31-22)38-17-24(35)29-16-19-9-5-3-6-10-19/h3-15H,2,16-18H2,1H3,(H,29,35)(H,30,36). The summed E-state index contributed by atoms with van der Waals surface area (Å²) < 4.78 is 3.77. The van der Waals surface area contributed by atoms with E-state index in [-0.39, 0.29) is 17.6 Å². The van der Waals surface area contributed by atoms with Gasteiger partial charge in [0.05, 0.1) is 21.7 Å². The fraction of sp³-hybridized carbons (Fsp3) is 0.179. The Hall–Kier alpha value is -3.67. The van der Waals surface area contributed by atoms with Gasteiger partial charge in [0.15, 0.2) is 15.3 Å². The molecular weight excluding hydrogens is 549 g/mol. The zero-order valence-electron chi connectivity index (χ0n) is 21.2. The summed E-state index contributed by atoms with van der Waals surface area (Å²) in [7, 11) is 0. The van der Waals surface area contributed by atoms with Crippen molar-refractivity contribution in [1.82, 2.24) is 25.1 Å². The van der Waals surface area contributed by atoms with Gasteiger partial charge < -0.3 is 15.2 Å². The van der Waals surface area contributed by atoms with Crippen molar-refractivity contribution >= 4 is 62.6 Å². The molecule has 5 aromatic rings.